The molecule has 0 aliphatic carbocycles. The largest absolute Gasteiger partial charge is 1.00 e. The van der Waals surface area contributed by atoms with Crippen LogP contribution in [-0.2, 0) is 0 Å². The van der Waals surface area contributed by atoms with Crippen LogP contribution in [0.15, 0.2) is 41.8 Å². The van der Waals surface area contributed by atoms with Crippen molar-refractivity contribution in [3.05, 3.63) is 53.8 Å². The molecular formula is C11H10I2S. The quantitative estimate of drug-likeness (QED) is 0.454. The third-order valence-corrected chi connectivity index (χ3v) is 6.49. The maximum Gasteiger partial charge on any atom is 0.370 e. The molecule has 0 atom stereocenters. The van der Waals surface area contributed by atoms with Gasteiger partial charge >= 0.3 is 21.2 Å². The van der Waals surface area contributed by atoms with Gasteiger partial charge in [-0.05, 0) is 30.5 Å². The van der Waals surface area contributed by atoms with Crippen molar-refractivity contribution in [3.63, 3.8) is 0 Å². The van der Waals surface area contributed by atoms with Crippen molar-refractivity contribution in [1.29, 1.82) is 0 Å². The van der Waals surface area contributed by atoms with Crippen LogP contribution < -0.4 is 45.2 Å². The topological polar surface area (TPSA) is 0 Å². The molecule has 3 heteroatoms. The lowest BCUT2D eigenvalue weighted by atomic mass is 10.4. The zero-order valence-electron chi connectivity index (χ0n) is 7.71. The van der Waals surface area contributed by atoms with Crippen molar-refractivity contribution in [2.75, 3.05) is 0 Å². The van der Waals surface area contributed by atoms with E-state index in [-0.39, 0.29) is 45.2 Å². The molecule has 74 valence electrons. The lowest BCUT2D eigenvalue weighted by molar-refractivity contribution is -0.591. The molecule has 0 saturated carbocycles. The van der Waals surface area contributed by atoms with E-state index >= 15 is 0 Å². The van der Waals surface area contributed by atoms with Crippen LogP contribution in [-0.4, -0.2) is 0 Å². The zero-order valence-corrected chi connectivity index (χ0v) is 12.8. The highest BCUT2D eigenvalue weighted by Gasteiger charge is 2.18. The molecule has 0 aliphatic heterocycles. The predicted molar refractivity (Wildman–Crippen MR) is 52.9 cm³/mol. The Morgan fingerprint density at radius 2 is 1.79 bits per heavy atom. The van der Waals surface area contributed by atoms with Crippen LogP contribution in [0.5, 0.6) is 0 Å². The Hall–Kier alpha value is 0.380. The van der Waals surface area contributed by atoms with Gasteiger partial charge in [-0.25, -0.2) is 0 Å². The minimum Gasteiger partial charge on any atom is -1.00 e. The number of thiophene rings is 1. The van der Waals surface area contributed by atoms with Gasteiger partial charge in [-0.15, -0.1) is 0 Å². The Balaban J connectivity index is 0.000000980. The smallest absolute Gasteiger partial charge is 0.370 e. The first-order chi connectivity index (χ1) is 6.36. The molecule has 0 radical (unpaired) electrons. The number of rotatable bonds is 2. The van der Waals surface area contributed by atoms with Crippen molar-refractivity contribution >= 4 is 11.3 Å². The lowest BCUT2D eigenvalue weighted by Gasteiger charge is -1.82. The minimum atomic E-state index is 0. The third-order valence-electron chi connectivity index (χ3n) is 1.73. The van der Waals surface area contributed by atoms with Crippen molar-refractivity contribution in [2.24, 2.45) is 0 Å². The highest BCUT2D eigenvalue weighted by molar-refractivity contribution is 7.07. The van der Waals surface area contributed by atoms with Crippen LogP contribution in [0, 0.1) is 13.4 Å². The Kier molecular flexibility index (Phi) is 5.40. The average molecular weight is 428 g/mol. The molecule has 0 nitrogen and oxygen atoms in total. The van der Waals surface area contributed by atoms with Crippen LogP contribution in [0.1, 0.15) is 5.56 Å². The van der Waals surface area contributed by atoms with Crippen molar-refractivity contribution < 1.29 is 45.2 Å². The maximum atomic E-state index is 2.23. The summed E-state index contributed by atoms with van der Waals surface area (Å²) in [5, 5.41) is 2.19. The number of halogens is 2. The number of hydrogen-bond acceptors (Lipinski definition) is 1. The summed E-state index contributed by atoms with van der Waals surface area (Å²) in [7, 11) is 0. The standard InChI is InChI=1S/C11H10IS.HI/c1-9-7-8-13-11(9)12-10-5-3-2-4-6-10;/h2-8H,1H3;1H/q+1;/p-1. The van der Waals surface area contributed by atoms with E-state index in [0.29, 0.717) is 0 Å². The summed E-state index contributed by atoms with van der Waals surface area (Å²) in [6.07, 6.45) is 0. The number of hydrogen-bond donors (Lipinski definition) is 0. The highest BCUT2D eigenvalue weighted by Crippen LogP contribution is 2.03. The number of benzene rings is 1. The molecule has 1 heterocycles. The van der Waals surface area contributed by atoms with Gasteiger partial charge in [0.25, 0.3) is 2.88 Å². The average Bonchev–Trinajstić information content (AvgIpc) is 2.54. The van der Waals surface area contributed by atoms with E-state index in [1.165, 1.54) is 9.13 Å². The Morgan fingerprint density at radius 1 is 1.07 bits per heavy atom. The number of aryl methyl sites for hydroxylation is 1. The molecule has 0 fully saturated rings. The summed E-state index contributed by atoms with van der Waals surface area (Å²) in [4.78, 5) is 0. The molecule has 0 bridgehead atoms. The first-order valence-electron chi connectivity index (χ1n) is 4.10. The minimum absolute atomic E-state index is 0. The summed E-state index contributed by atoms with van der Waals surface area (Å²) >= 11 is 1.96. The predicted octanol–water partition coefficient (Wildman–Crippen LogP) is -2.81. The van der Waals surface area contributed by atoms with Gasteiger partial charge in [0, 0.05) is 5.56 Å². The first kappa shape index (κ1) is 12.4. The molecule has 0 N–H and O–H groups in total. The van der Waals surface area contributed by atoms with E-state index in [2.05, 4.69) is 48.7 Å². The van der Waals surface area contributed by atoms with Crippen molar-refractivity contribution in [1.82, 2.24) is 0 Å². The highest BCUT2D eigenvalue weighted by atomic mass is 127. The summed E-state index contributed by atoms with van der Waals surface area (Å²) in [6.45, 7) is 2.20. The van der Waals surface area contributed by atoms with Gasteiger partial charge in [0.15, 0.2) is 3.57 Å². The fraction of sp³-hybridized carbons (Fsp3) is 0.0909. The van der Waals surface area contributed by atoms with Crippen LogP contribution in [0.3, 0.4) is 0 Å². The van der Waals surface area contributed by atoms with E-state index < -0.39 is 0 Å². The monoisotopic (exact) mass is 428 g/mol. The van der Waals surface area contributed by atoms with E-state index in [0.717, 1.165) is 0 Å². The van der Waals surface area contributed by atoms with E-state index in [1.807, 2.05) is 11.3 Å². The molecule has 0 unspecified atom stereocenters. The molecule has 1 aromatic heterocycles. The van der Waals surface area contributed by atoms with Gasteiger partial charge in [-0.1, -0.05) is 29.5 Å². The van der Waals surface area contributed by atoms with Gasteiger partial charge in [0.2, 0.25) is 0 Å². The SMILES string of the molecule is Cc1ccsc1[I+]c1ccccc1.[I-]. The Bertz CT molecular complexity index is 381. The van der Waals surface area contributed by atoms with Gasteiger partial charge in [0.1, 0.15) is 0 Å². The Labute approximate surface area is 116 Å². The van der Waals surface area contributed by atoms with Crippen molar-refractivity contribution in [2.45, 2.75) is 6.92 Å². The first-order valence-corrected chi connectivity index (χ1v) is 7.14. The molecule has 0 spiro atoms. The fourth-order valence-corrected chi connectivity index (χ4v) is 5.08. The van der Waals surface area contributed by atoms with Gasteiger partial charge in [-0.2, -0.15) is 0 Å². The van der Waals surface area contributed by atoms with Crippen LogP contribution in [0.4, 0.5) is 0 Å². The summed E-state index contributed by atoms with van der Waals surface area (Å²) in [6, 6.07) is 13.0. The summed E-state index contributed by atoms with van der Waals surface area (Å²) in [5.74, 6) is 0. The lowest BCUT2D eigenvalue weighted by Crippen LogP contribution is -3.61. The zero-order chi connectivity index (χ0) is 9.10. The molecule has 0 aliphatic rings. The normalized spacial score (nSPS) is 9.50. The third kappa shape index (κ3) is 3.20. The second-order valence-corrected chi connectivity index (χ2v) is 7.28. The molecule has 2 rings (SSSR count). The molecule has 2 aromatic rings. The van der Waals surface area contributed by atoms with E-state index in [9.17, 15) is 0 Å². The summed E-state index contributed by atoms with van der Waals surface area (Å²) < 4.78 is 3.09. The molecular weight excluding hydrogens is 418 g/mol. The van der Waals surface area contributed by atoms with Crippen LogP contribution in [0.2, 0.25) is 0 Å². The van der Waals surface area contributed by atoms with Crippen LogP contribution >= 0.6 is 11.3 Å². The Morgan fingerprint density at radius 3 is 2.36 bits per heavy atom. The van der Waals surface area contributed by atoms with Crippen LogP contribution in [0.25, 0.3) is 0 Å². The van der Waals surface area contributed by atoms with E-state index in [4.69, 9.17) is 0 Å². The fourth-order valence-electron chi connectivity index (χ4n) is 1.03. The molecule has 1 aromatic carbocycles. The molecule has 14 heavy (non-hydrogen) atoms. The van der Waals surface area contributed by atoms with E-state index in [1.54, 1.807) is 2.88 Å². The van der Waals surface area contributed by atoms with Gasteiger partial charge < -0.3 is 24.0 Å². The second-order valence-electron chi connectivity index (χ2n) is 2.77. The maximum absolute atomic E-state index is 2.23. The van der Waals surface area contributed by atoms with Crippen molar-refractivity contribution in [3.8, 4) is 0 Å². The molecule has 0 amide bonds. The summed E-state index contributed by atoms with van der Waals surface area (Å²) in [5.41, 5.74) is 1.46. The van der Waals surface area contributed by atoms with Gasteiger partial charge in [-0.3, -0.25) is 0 Å². The van der Waals surface area contributed by atoms with Gasteiger partial charge in [0.05, 0.1) is 0 Å². The second kappa shape index (κ2) is 6.07. The molecule has 0 saturated heterocycles.